The van der Waals surface area contributed by atoms with Crippen molar-refractivity contribution in [1.82, 2.24) is 10.3 Å². The Kier molecular flexibility index (Phi) is 6.11. The van der Waals surface area contributed by atoms with E-state index in [9.17, 15) is 9.18 Å². The van der Waals surface area contributed by atoms with Gasteiger partial charge in [-0.05, 0) is 55.3 Å². The Balaban J connectivity index is 1.76. The van der Waals surface area contributed by atoms with Crippen molar-refractivity contribution in [3.8, 4) is 11.1 Å². The van der Waals surface area contributed by atoms with E-state index in [4.69, 9.17) is 23.1 Å². The molecule has 0 fully saturated rings. The summed E-state index contributed by atoms with van der Waals surface area (Å²) in [6.07, 6.45) is 1.60. The number of carbonyl (C=O) groups excluding carboxylic acids is 1. The number of fused-ring (bicyclic) bond motifs is 1. The largest absolute Gasteiger partial charge is 0.351 e. The second-order valence-corrected chi connectivity index (χ2v) is 6.92. The van der Waals surface area contributed by atoms with E-state index >= 15 is 0 Å². The van der Waals surface area contributed by atoms with Crippen LogP contribution in [0.15, 0.2) is 42.5 Å². The molecule has 0 aliphatic heterocycles. The number of aromatic amines is 1. The Morgan fingerprint density at radius 2 is 2.04 bits per heavy atom. The zero-order valence-electron chi connectivity index (χ0n) is 14.8. The molecule has 1 atom stereocenters. The summed E-state index contributed by atoms with van der Waals surface area (Å²) in [4.78, 5) is 15.5. The molecule has 1 aromatic heterocycles. The van der Waals surface area contributed by atoms with Gasteiger partial charge in [0.2, 0.25) is 0 Å². The molecule has 3 aromatic rings. The Hall–Kier alpha value is -2.41. The number of benzene rings is 2. The minimum Gasteiger partial charge on any atom is -0.351 e. The van der Waals surface area contributed by atoms with Crippen LogP contribution in [0.25, 0.3) is 22.0 Å². The molecular weight excluding hydrogens is 367 g/mol. The van der Waals surface area contributed by atoms with Crippen molar-refractivity contribution in [2.45, 2.75) is 18.9 Å². The first kappa shape index (κ1) is 19.4. The Bertz CT molecular complexity index is 956. The van der Waals surface area contributed by atoms with Crippen LogP contribution in [0.1, 0.15) is 23.3 Å². The highest BCUT2D eigenvalue weighted by Crippen LogP contribution is 2.30. The van der Waals surface area contributed by atoms with E-state index in [1.165, 1.54) is 12.1 Å². The van der Waals surface area contributed by atoms with Gasteiger partial charge in [-0.2, -0.15) is 0 Å². The van der Waals surface area contributed by atoms with Crippen LogP contribution in [0.3, 0.4) is 0 Å². The third-order valence-electron chi connectivity index (χ3n) is 4.41. The molecule has 0 aliphatic carbocycles. The van der Waals surface area contributed by atoms with Crippen LogP contribution in [0.4, 0.5) is 4.39 Å². The Morgan fingerprint density at radius 3 is 2.78 bits per heavy atom. The molecule has 6 N–H and O–H groups in total. The van der Waals surface area contributed by atoms with Crippen LogP contribution >= 0.6 is 11.6 Å². The lowest BCUT2D eigenvalue weighted by Crippen LogP contribution is -2.37. The summed E-state index contributed by atoms with van der Waals surface area (Å²) in [5.41, 5.74) is 14.2. The van der Waals surface area contributed by atoms with Crippen LogP contribution < -0.4 is 16.8 Å². The topological polar surface area (TPSA) is 96.9 Å². The smallest absolute Gasteiger partial charge is 0.267 e. The summed E-state index contributed by atoms with van der Waals surface area (Å²) in [6, 6.07) is 11.6. The van der Waals surface area contributed by atoms with Crippen molar-refractivity contribution < 1.29 is 9.18 Å². The summed E-state index contributed by atoms with van der Waals surface area (Å²) in [7, 11) is 0. The van der Waals surface area contributed by atoms with Gasteiger partial charge in [-0.25, -0.2) is 4.39 Å². The first-order valence-electron chi connectivity index (χ1n) is 8.80. The molecule has 1 heterocycles. The summed E-state index contributed by atoms with van der Waals surface area (Å²) in [5, 5.41) is 4.07. The molecule has 0 saturated heterocycles. The summed E-state index contributed by atoms with van der Waals surface area (Å²) in [5.74, 6) is -0.593. The number of amides is 1. The minimum atomic E-state index is -0.381. The molecule has 0 bridgehead atoms. The van der Waals surface area contributed by atoms with Crippen molar-refractivity contribution in [2.24, 2.45) is 11.5 Å². The van der Waals surface area contributed by atoms with E-state index in [1.54, 1.807) is 12.1 Å². The summed E-state index contributed by atoms with van der Waals surface area (Å²) in [6.45, 7) is 0.981. The fourth-order valence-corrected chi connectivity index (χ4v) is 3.22. The minimum absolute atomic E-state index is 0.117. The van der Waals surface area contributed by atoms with E-state index in [0.29, 0.717) is 23.8 Å². The van der Waals surface area contributed by atoms with Gasteiger partial charge in [-0.1, -0.05) is 23.7 Å². The van der Waals surface area contributed by atoms with Gasteiger partial charge in [0.05, 0.1) is 5.02 Å². The van der Waals surface area contributed by atoms with E-state index < -0.39 is 0 Å². The quantitative estimate of drug-likeness (QED) is 0.499. The van der Waals surface area contributed by atoms with Crippen molar-refractivity contribution in [1.29, 1.82) is 0 Å². The van der Waals surface area contributed by atoms with Crippen molar-refractivity contribution in [2.75, 3.05) is 13.1 Å². The van der Waals surface area contributed by atoms with Crippen LogP contribution in [0.2, 0.25) is 5.02 Å². The molecular formula is C20H22ClFN4O. The van der Waals surface area contributed by atoms with Crippen LogP contribution in [-0.2, 0) is 0 Å². The molecule has 5 nitrogen and oxygen atoms in total. The summed E-state index contributed by atoms with van der Waals surface area (Å²) >= 11 is 6.14. The second-order valence-electron chi connectivity index (χ2n) is 6.51. The number of nitrogens with two attached hydrogens (primary N) is 2. The molecule has 0 saturated carbocycles. The molecule has 142 valence electrons. The molecule has 7 heteroatoms. The number of hydrogen-bond acceptors (Lipinski definition) is 3. The average Bonchev–Trinajstić information content (AvgIpc) is 3.07. The maximum absolute atomic E-state index is 13.3. The zero-order valence-corrected chi connectivity index (χ0v) is 15.5. The molecule has 0 radical (unpaired) electrons. The second kappa shape index (κ2) is 8.52. The number of nitrogens with one attached hydrogen (secondary N) is 2. The highest BCUT2D eigenvalue weighted by atomic mass is 35.5. The fourth-order valence-electron chi connectivity index (χ4n) is 2.94. The normalized spacial score (nSPS) is 12.3. The van der Waals surface area contributed by atoms with E-state index in [-0.39, 0.29) is 17.8 Å². The van der Waals surface area contributed by atoms with E-state index in [2.05, 4.69) is 10.3 Å². The number of H-pyrrole nitrogens is 1. The number of carbonyl (C=O) groups is 1. The number of rotatable bonds is 7. The van der Waals surface area contributed by atoms with Crippen LogP contribution in [0.5, 0.6) is 0 Å². The van der Waals surface area contributed by atoms with E-state index in [1.807, 2.05) is 18.2 Å². The van der Waals surface area contributed by atoms with Gasteiger partial charge in [-0.3, -0.25) is 4.79 Å². The predicted octanol–water partition coefficient (Wildman–Crippen LogP) is 3.42. The molecule has 1 amide bonds. The highest BCUT2D eigenvalue weighted by Gasteiger charge is 2.12. The highest BCUT2D eigenvalue weighted by molar-refractivity contribution is 6.33. The third kappa shape index (κ3) is 4.66. The first-order valence-corrected chi connectivity index (χ1v) is 9.18. The molecule has 0 aliphatic rings. The summed E-state index contributed by atoms with van der Waals surface area (Å²) < 4.78 is 13.3. The van der Waals surface area contributed by atoms with Gasteiger partial charge in [-0.15, -0.1) is 0 Å². The fraction of sp³-hybridized carbons (Fsp3) is 0.250. The molecule has 3 rings (SSSR count). The SMILES string of the molecule is NCCC[C@H](N)CNC(=O)c1cc2ccc(-c3ccc(F)cc3Cl)cc2[nH]1. The van der Waals surface area contributed by atoms with Crippen molar-refractivity contribution >= 4 is 28.4 Å². The number of hydrogen-bond donors (Lipinski definition) is 4. The Morgan fingerprint density at radius 1 is 1.22 bits per heavy atom. The molecule has 2 aromatic carbocycles. The van der Waals surface area contributed by atoms with Gasteiger partial charge < -0.3 is 21.8 Å². The predicted molar refractivity (Wildman–Crippen MR) is 107 cm³/mol. The zero-order chi connectivity index (χ0) is 19.4. The van der Waals surface area contributed by atoms with Crippen molar-refractivity contribution in [3.63, 3.8) is 0 Å². The van der Waals surface area contributed by atoms with Gasteiger partial charge in [0.25, 0.3) is 5.91 Å². The van der Waals surface area contributed by atoms with Crippen LogP contribution in [-0.4, -0.2) is 30.0 Å². The lowest BCUT2D eigenvalue weighted by atomic mass is 10.0. The standard InChI is InChI=1S/C20H22ClFN4O/c21-17-10-14(22)5-6-16(17)12-3-4-13-9-19(26-18(13)8-12)20(27)25-11-15(24)2-1-7-23/h3-6,8-10,15,26H,1-2,7,11,23-24H2,(H,25,27)/t15-/m0/s1. The maximum Gasteiger partial charge on any atom is 0.267 e. The van der Waals surface area contributed by atoms with Crippen LogP contribution in [0, 0.1) is 5.82 Å². The molecule has 0 spiro atoms. The first-order chi connectivity index (χ1) is 13.0. The van der Waals surface area contributed by atoms with Crippen molar-refractivity contribution in [3.05, 3.63) is 59.0 Å². The monoisotopic (exact) mass is 388 g/mol. The maximum atomic E-state index is 13.3. The van der Waals surface area contributed by atoms with Gasteiger partial charge in [0.1, 0.15) is 11.5 Å². The molecule has 27 heavy (non-hydrogen) atoms. The average molecular weight is 389 g/mol. The van der Waals surface area contributed by atoms with Gasteiger partial charge in [0, 0.05) is 29.1 Å². The molecule has 0 unspecified atom stereocenters. The number of aromatic nitrogens is 1. The lowest BCUT2D eigenvalue weighted by Gasteiger charge is -2.11. The third-order valence-corrected chi connectivity index (χ3v) is 4.73. The van der Waals surface area contributed by atoms with Gasteiger partial charge in [0.15, 0.2) is 0 Å². The van der Waals surface area contributed by atoms with Gasteiger partial charge >= 0.3 is 0 Å². The number of halogens is 2. The van der Waals surface area contributed by atoms with E-state index in [0.717, 1.165) is 34.9 Å². The Labute approximate surface area is 161 Å². The lowest BCUT2D eigenvalue weighted by molar-refractivity contribution is 0.0946.